The molecule has 0 aliphatic carbocycles. The van der Waals surface area contributed by atoms with Gasteiger partial charge in [-0.25, -0.2) is 4.98 Å². The van der Waals surface area contributed by atoms with E-state index in [1.54, 1.807) is 18.2 Å². The predicted molar refractivity (Wildman–Crippen MR) is 96.8 cm³/mol. The quantitative estimate of drug-likeness (QED) is 0.718. The number of carbonyl (C=O) groups excluding carboxylic acids is 1. The molecule has 0 atom stereocenters. The fraction of sp³-hybridized carbons (Fsp3) is 0.158. The molecule has 0 fully saturated rings. The number of aromatic nitrogens is 1. The summed E-state index contributed by atoms with van der Waals surface area (Å²) in [6, 6.07) is 13.3. The molecule has 1 N–H and O–H groups in total. The van der Waals surface area contributed by atoms with Gasteiger partial charge in [-0.2, -0.15) is 8.42 Å². The van der Waals surface area contributed by atoms with Gasteiger partial charge in [-0.15, -0.1) is 0 Å². The van der Waals surface area contributed by atoms with E-state index in [1.807, 2.05) is 25.1 Å². The van der Waals surface area contributed by atoms with Crippen LogP contribution in [0, 0.1) is 6.92 Å². The third-order valence-electron chi connectivity index (χ3n) is 4.32. The molecule has 1 aliphatic rings. The van der Waals surface area contributed by atoms with Crippen LogP contribution in [0.2, 0.25) is 0 Å². The number of hydrogen-bond donors (Lipinski definition) is 1. The minimum Gasteiger partial charge on any atom is -0.377 e. The number of carbonyl (C=O) groups is 1. The Morgan fingerprint density at radius 3 is 2.81 bits per heavy atom. The van der Waals surface area contributed by atoms with Crippen molar-refractivity contribution in [2.45, 2.75) is 18.2 Å². The van der Waals surface area contributed by atoms with Gasteiger partial charge in [0.15, 0.2) is 5.75 Å². The van der Waals surface area contributed by atoms with E-state index in [0.717, 1.165) is 16.6 Å². The summed E-state index contributed by atoms with van der Waals surface area (Å²) in [4.78, 5) is 16.3. The highest BCUT2D eigenvalue weighted by atomic mass is 32.2. The molecule has 0 radical (unpaired) electrons. The summed E-state index contributed by atoms with van der Waals surface area (Å²) in [6.07, 6.45) is 0.675. The Hall–Kier alpha value is -2.93. The van der Waals surface area contributed by atoms with E-state index >= 15 is 0 Å². The van der Waals surface area contributed by atoms with Crippen LogP contribution in [0.15, 0.2) is 53.4 Å². The Bertz CT molecular complexity index is 1140. The van der Waals surface area contributed by atoms with Gasteiger partial charge in [0.1, 0.15) is 10.4 Å². The van der Waals surface area contributed by atoms with Crippen LogP contribution < -0.4 is 9.50 Å². The molecule has 7 heteroatoms. The maximum absolute atomic E-state index is 12.7. The number of nitrogens with zero attached hydrogens (tertiary/aromatic N) is 1. The van der Waals surface area contributed by atoms with Gasteiger partial charge < -0.3 is 9.50 Å². The van der Waals surface area contributed by atoms with Crippen LogP contribution in [0.25, 0.3) is 10.9 Å². The first-order valence-electron chi connectivity index (χ1n) is 8.16. The first kappa shape index (κ1) is 16.5. The van der Waals surface area contributed by atoms with Gasteiger partial charge in [-0.3, -0.25) is 4.79 Å². The molecule has 3 aromatic rings. The first-order chi connectivity index (χ1) is 12.4. The molecule has 0 bridgehead atoms. The lowest BCUT2D eigenvalue weighted by Crippen LogP contribution is -2.32. The van der Waals surface area contributed by atoms with Crippen LogP contribution >= 0.6 is 0 Å². The third-order valence-corrected chi connectivity index (χ3v) is 5.55. The second-order valence-corrected chi connectivity index (χ2v) is 7.69. The zero-order valence-corrected chi connectivity index (χ0v) is 14.8. The fourth-order valence-electron chi connectivity index (χ4n) is 3.00. The first-order valence-corrected chi connectivity index (χ1v) is 9.57. The Kier molecular flexibility index (Phi) is 3.88. The highest BCUT2D eigenvalue weighted by molar-refractivity contribution is 7.87. The average Bonchev–Trinajstić information content (AvgIpc) is 2.62. The molecule has 132 valence electrons. The van der Waals surface area contributed by atoms with Gasteiger partial charge >= 0.3 is 10.1 Å². The van der Waals surface area contributed by atoms with Gasteiger partial charge in [-0.05, 0) is 43.2 Å². The van der Waals surface area contributed by atoms with Crippen molar-refractivity contribution < 1.29 is 17.4 Å². The number of nitrogens with one attached hydrogen (secondary N) is 1. The van der Waals surface area contributed by atoms with Gasteiger partial charge in [0.2, 0.25) is 0 Å². The molecule has 0 unspecified atom stereocenters. The van der Waals surface area contributed by atoms with Crippen molar-refractivity contribution >= 4 is 26.9 Å². The number of aryl methyl sites for hydroxylation is 1. The third kappa shape index (κ3) is 2.90. The van der Waals surface area contributed by atoms with Crippen LogP contribution in [-0.2, 0) is 16.5 Å². The summed E-state index contributed by atoms with van der Waals surface area (Å²) < 4.78 is 30.8. The summed E-state index contributed by atoms with van der Waals surface area (Å²) in [7, 11) is -4.09. The molecule has 2 aromatic carbocycles. The molecule has 0 spiro atoms. The van der Waals surface area contributed by atoms with Crippen molar-refractivity contribution in [3.63, 3.8) is 0 Å². The number of hydrogen-bond acceptors (Lipinski definition) is 5. The molecule has 1 aromatic heterocycles. The monoisotopic (exact) mass is 368 g/mol. The van der Waals surface area contributed by atoms with Crippen molar-refractivity contribution in [3.05, 3.63) is 65.4 Å². The number of benzene rings is 2. The van der Waals surface area contributed by atoms with Crippen LogP contribution in [0.5, 0.6) is 5.75 Å². The molecular weight excluding hydrogens is 352 g/mol. The van der Waals surface area contributed by atoms with E-state index in [0.29, 0.717) is 24.0 Å². The topological polar surface area (TPSA) is 85.4 Å². The van der Waals surface area contributed by atoms with E-state index in [9.17, 15) is 13.2 Å². The number of amides is 1. The van der Waals surface area contributed by atoms with Crippen molar-refractivity contribution in [1.29, 1.82) is 0 Å². The van der Waals surface area contributed by atoms with E-state index in [4.69, 9.17) is 4.18 Å². The lowest BCUT2D eigenvalue weighted by atomic mass is 10.0. The molecule has 4 rings (SSSR count). The largest absolute Gasteiger partial charge is 0.377 e. The highest BCUT2D eigenvalue weighted by Crippen LogP contribution is 2.28. The van der Waals surface area contributed by atoms with Crippen LogP contribution in [0.4, 0.5) is 0 Å². The minimum absolute atomic E-state index is 0.0574. The lowest BCUT2D eigenvalue weighted by molar-refractivity contribution is 0.0945. The lowest BCUT2D eigenvalue weighted by Gasteiger charge is -2.17. The van der Waals surface area contributed by atoms with E-state index in [2.05, 4.69) is 10.3 Å². The smallest absolute Gasteiger partial charge is 0.339 e. The minimum atomic E-state index is -4.09. The van der Waals surface area contributed by atoms with Gasteiger partial charge in [0.05, 0.1) is 0 Å². The van der Waals surface area contributed by atoms with Crippen molar-refractivity contribution in [2.75, 3.05) is 6.54 Å². The number of para-hydroxylation sites is 1. The van der Waals surface area contributed by atoms with E-state index in [1.165, 1.54) is 12.1 Å². The molecule has 26 heavy (non-hydrogen) atoms. The van der Waals surface area contributed by atoms with Gasteiger partial charge in [-0.1, -0.05) is 24.3 Å². The molecule has 0 saturated heterocycles. The number of rotatable bonds is 3. The predicted octanol–water partition coefficient (Wildman–Crippen LogP) is 2.60. The Balaban J connectivity index is 1.76. The number of pyridine rings is 1. The molecular formula is C19H16N2O4S. The van der Waals surface area contributed by atoms with Crippen molar-refractivity contribution in [2.24, 2.45) is 0 Å². The summed E-state index contributed by atoms with van der Waals surface area (Å²) in [5, 5.41) is 3.50. The van der Waals surface area contributed by atoms with Crippen LogP contribution in [0.3, 0.4) is 0 Å². The molecule has 2 heterocycles. The molecule has 1 amide bonds. The maximum Gasteiger partial charge on any atom is 0.339 e. The van der Waals surface area contributed by atoms with Gasteiger partial charge in [0.25, 0.3) is 5.91 Å². The number of fused-ring (bicyclic) bond motifs is 2. The zero-order chi connectivity index (χ0) is 18.3. The van der Waals surface area contributed by atoms with Crippen molar-refractivity contribution in [3.8, 4) is 5.75 Å². The van der Waals surface area contributed by atoms with E-state index in [-0.39, 0.29) is 16.6 Å². The second-order valence-electron chi connectivity index (χ2n) is 6.14. The Morgan fingerprint density at radius 2 is 1.96 bits per heavy atom. The highest BCUT2D eigenvalue weighted by Gasteiger charge is 2.23. The fourth-order valence-corrected chi connectivity index (χ4v) is 3.96. The van der Waals surface area contributed by atoms with Crippen molar-refractivity contribution in [1.82, 2.24) is 10.3 Å². The van der Waals surface area contributed by atoms with Gasteiger partial charge in [0, 0.05) is 23.2 Å². The zero-order valence-electron chi connectivity index (χ0n) is 14.0. The average molecular weight is 368 g/mol. The standard InChI is InChI=1S/C19H16N2O4S/c1-12-5-6-14-3-2-4-17(18(14)21-12)25-26(23,24)15-8-7-13-9-10-20-19(22)16(13)11-15/h2-8,11H,9-10H2,1H3,(H,20,22). The molecule has 0 saturated carbocycles. The van der Waals surface area contributed by atoms with Crippen LogP contribution in [-0.4, -0.2) is 25.9 Å². The Morgan fingerprint density at radius 1 is 1.12 bits per heavy atom. The normalized spacial score (nSPS) is 14.0. The summed E-state index contributed by atoms with van der Waals surface area (Å²) in [5.74, 6) is -0.112. The summed E-state index contributed by atoms with van der Waals surface area (Å²) in [5.41, 5.74) is 2.44. The SMILES string of the molecule is Cc1ccc2cccc(OS(=O)(=O)c3ccc4c(c3)C(=O)NCC4)c2n1. The maximum atomic E-state index is 12.7. The molecule has 1 aliphatic heterocycles. The second kappa shape index (κ2) is 6.10. The molecule has 6 nitrogen and oxygen atoms in total. The van der Waals surface area contributed by atoms with E-state index < -0.39 is 10.1 Å². The van der Waals surface area contributed by atoms with Crippen LogP contribution in [0.1, 0.15) is 21.6 Å². The summed E-state index contributed by atoms with van der Waals surface area (Å²) >= 11 is 0. The summed E-state index contributed by atoms with van der Waals surface area (Å²) in [6.45, 7) is 2.38. The Labute approximate surface area is 151 Å².